The molecule has 1 heterocycles. The third-order valence-electron chi connectivity index (χ3n) is 3.48. The summed E-state index contributed by atoms with van der Waals surface area (Å²) in [6.07, 6.45) is 0.761. The first-order valence-electron chi connectivity index (χ1n) is 6.61. The molecule has 4 heteroatoms. The molecule has 0 saturated carbocycles. The predicted molar refractivity (Wildman–Crippen MR) is 76.8 cm³/mol. The van der Waals surface area contributed by atoms with Gasteiger partial charge in [-0.2, -0.15) is 0 Å². The summed E-state index contributed by atoms with van der Waals surface area (Å²) in [7, 11) is 0. The molecule has 1 unspecified atom stereocenters. The summed E-state index contributed by atoms with van der Waals surface area (Å²) in [6, 6.07) is 13.0. The lowest BCUT2D eigenvalue weighted by Crippen LogP contribution is -2.05. The van der Waals surface area contributed by atoms with E-state index in [0.717, 1.165) is 17.0 Å². The zero-order valence-electron chi connectivity index (χ0n) is 11.1. The van der Waals surface area contributed by atoms with Crippen molar-refractivity contribution >= 4 is 10.9 Å². The molecule has 1 N–H and O–H groups in total. The first kappa shape index (κ1) is 13.6. The summed E-state index contributed by atoms with van der Waals surface area (Å²) < 4.78 is 26.9. The van der Waals surface area contributed by atoms with Crippen LogP contribution < -0.4 is 0 Å². The summed E-state index contributed by atoms with van der Waals surface area (Å²) in [6.45, 7) is 0. The largest absolute Gasteiger partial charge is 0.388 e. The van der Waals surface area contributed by atoms with Gasteiger partial charge in [0.05, 0.1) is 11.6 Å². The van der Waals surface area contributed by atoms with Gasteiger partial charge < -0.3 is 5.11 Å². The molecule has 0 aliphatic heterocycles. The molecule has 21 heavy (non-hydrogen) atoms. The van der Waals surface area contributed by atoms with Crippen molar-refractivity contribution in [2.24, 2.45) is 0 Å². The van der Waals surface area contributed by atoms with Crippen molar-refractivity contribution in [2.75, 3.05) is 0 Å². The second-order valence-electron chi connectivity index (χ2n) is 4.85. The summed E-state index contributed by atoms with van der Waals surface area (Å²) in [5.74, 6) is -1.81. The van der Waals surface area contributed by atoms with Crippen molar-refractivity contribution in [3.8, 4) is 0 Å². The molecular formula is C17H13F2NO. The van der Waals surface area contributed by atoms with E-state index in [4.69, 9.17) is 0 Å². The number of fused-ring (bicyclic) bond motifs is 1. The molecule has 2 aromatic carbocycles. The molecule has 0 aliphatic carbocycles. The minimum absolute atomic E-state index is 0.0115. The minimum Gasteiger partial charge on any atom is -0.388 e. The van der Waals surface area contributed by atoms with Crippen LogP contribution in [0.15, 0.2) is 54.7 Å². The number of hydrogen-bond acceptors (Lipinski definition) is 2. The number of nitrogens with zero attached hydrogens (tertiary/aromatic N) is 1. The lowest BCUT2D eigenvalue weighted by molar-refractivity contribution is 0.178. The summed E-state index contributed by atoms with van der Waals surface area (Å²) in [5, 5.41) is 11.2. The van der Waals surface area contributed by atoms with Crippen LogP contribution in [0.2, 0.25) is 0 Å². The monoisotopic (exact) mass is 285 g/mol. The van der Waals surface area contributed by atoms with E-state index in [0.29, 0.717) is 5.56 Å². The maximum atomic E-state index is 13.7. The lowest BCUT2D eigenvalue weighted by atomic mass is 9.97. The molecule has 1 aromatic heterocycles. The lowest BCUT2D eigenvalue weighted by Gasteiger charge is -2.14. The predicted octanol–water partition coefficient (Wildman–Crippen LogP) is 3.79. The van der Waals surface area contributed by atoms with Gasteiger partial charge in [-0.05, 0) is 29.3 Å². The van der Waals surface area contributed by atoms with Crippen LogP contribution in [-0.2, 0) is 6.42 Å². The molecule has 0 fully saturated rings. The molecule has 0 spiro atoms. The van der Waals surface area contributed by atoms with Gasteiger partial charge in [0.1, 0.15) is 0 Å². The summed E-state index contributed by atoms with van der Waals surface area (Å²) in [5.41, 5.74) is 1.57. The van der Waals surface area contributed by atoms with E-state index in [-0.39, 0.29) is 12.0 Å². The highest BCUT2D eigenvalue weighted by atomic mass is 19.2. The molecule has 3 aromatic rings. The van der Waals surface area contributed by atoms with E-state index >= 15 is 0 Å². The fourth-order valence-electron chi connectivity index (χ4n) is 2.44. The van der Waals surface area contributed by atoms with E-state index in [1.807, 2.05) is 12.1 Å². The van der Waals surface area contributed by atoms with Crippen molar-refractivity contribution < 1.29 is 13.9 Å². The van der Waals surface area contributed by atoms with E-state index in [2.05, 4.69) is 4.98 Å². The third-order valence-corrected chi connectivity index (χ3v) is 3.48. The smallest absolute Gasteiger partial charge is 0.162 e. The Labute approximate surface area is 120 Å². The average molecular weight is 285 g/mol. The van der Waals surface area contributed by atoms with Gasteiger partial charge in [-0.25, -0.2) is 8.78 Å². The van der Waals surface area contributed by atoms with Crippen LogP contribution in [0.4, 0.5) is 8.78 Å². The number of benzene rings is 2. The fraction of sp³-hybridized carbons (Fsp3) is 0.118. The molecule has 106 valence electrons. The minimum atomic E-state index is -0.922. The average Bonchev–Trinajstić information content (AvgIpc) is 2.51. The Balaban J connectivity index is 1.97. The van der Waals surface area contributed by atoms with Gasteiger partial charge in [-0.15, -0.1) is 0 Å². The second-order valence-corrected chi connectivity index (χ2v) is 4.85. The van der Waals surface area contributed by atoms with Crippen molar-refractivity contribution in [1.29, 1.82) is 0 Å². The van der Waals surface area contributed by atoms with Gasteiger partial charge in [0.25, 0.3) is 0 Å². The van der Waals surface area contributed by atoms with E-state index in [1.165, 1.54) is 12.1 Å². The number of hydrogen-bond donors (Lipinski definition) is 1. The topological polar surface area (TPSA) is 33.1 Å². The Morgan fingerprint density at radius 1 is 1.00 bits per heavy atom. The van der Waals surface area contributed by atoms with Crippen LogP contribution in [0.25, 0.3) is 10.9 Å². The number of rotatable bonds is 3. The van der Waals surface area contributed by atoms with E-state index in [1.54, 1.807) is 24.4 Å². The molecule has 0 amide bonds. The maximum Gasteiger partial charge on any atom is 0.162 e. The van der Waals surface area contributed by atoms with Gasteiger partial charge in [0.15, 0.2) is 11.6 Å². The van der Waals surface area contributed by atoms with Gasteiger partial charge in [-0.1, -0.05) is 30.3 Å². The zero-order valence-corrected chi connectivity index (χ0v) is 11.1. The standard InChI is InChI=1S/C17H13F2NO/c18-14-7-1-4-11(17(14)19)10-16(21)13-5-2-8-15-12(13)6-3-9-20-15/h1-9,16,21H,10H2. The van der Waals surface area contributed by atoms with Crippen molar-refractivity contribution in [2.45, 2.75) is 12.5 Å². The van der Waals surface area contributed by atoms with Gasteiger partial charge in [0.2, 0.25) is 0 Å². The number of aliphatic hydroxyl groups excluding tert-OH is 1. The van der Waals surface area contributed by atoms with Crippen molar-refractivity contribution in [3.05, 3.63) is 77.5 Å². The normalized spacial score (nSPS) is 12.5. The Bertz CT molecular complexity index is 783. The Kier molecular flexibility index (Phi) is 3.62. The molecule has 1 atom stereocenters. The molecule has 2 nitrogen and oxygen atoms in total. The molecule has 0 saturated heterocycles. The molecular weight excluding hydrogens is 272 g/mol. The molecule has 3 rings (SSSR count). The molecule has 0 aliphatic rings. The van der Waals surface area contributed by atoms with Crippen molar-refractivity contribution in [3.63, 3.8) is 0 Å². The highest BCUT2D eigenvalue weighted by Gasteiger charge is 2.16. The third kappa shape index (κ3) is 2.62. The Morgan fingerprint density at radius 3 is 2.67 bits per heavy atom. The summed E-state index contributed by atoms with van der Waals surface area (Å²) in [4.78, 5) is 4.22. The maximum absolute atomic E-state index is 13.7. The highest BCUT2D eigenvalue weighted by Crippen LogP contribution is 2.26. The molecule has 0 radical (unpaired) electrons. The number of halogens is 2. The highest BCUT2D eigenvalue weighted by molar-refractivity contribution is 5.82. The van der Waals surface area contributed by atoms with E-state index in [9.17, 15) is 13.9 Å². The van der Waals surface area contributed by atoms with Crippen LogP contribution in [0.1, 0.15) is 17.2 Å². The Hall–Kier alpha value is -2.33. The number of aliphatic hydroxyl groups is 1. The van der Waals surface area contributed by atoms with Gasteiger partial charge in [0, 0.05) is 18.0 Å². The van der Waals surface area contributed by atoms with Crippen LogP contribution in [0, 0.1) is 11.6 Å². The number of aromatic nitrogens is 1. The first-order chi connectivity index (χ1) is 10.2. The van der Waals surface area contributed by atoms with Crippen LogP contribution >= 0.6 is 0 Å². The Morgan fingerprint density at radius 2 is 1.81 bits per heavy atom. The zero-order chi connectivity index (χ0) is 14.8. The first-order valence-corrected chi connectivity index (χ1v) is 6.61. The quantitative estimate of drug-likeness (QED) is 0.794. The molecule has 0 bridgehead atoms. The van der Waals surface area contributed by atoms with Crippen molar-refractivity contribution in [1.82, 2.24) is 4.98 Å². The fourth-order valence-corrected chi connectivity index (χ4v) is 2.44. The van der Waals surface area contributed by atoms with Gasteiger partial charge in [-0.3, -0.25) is 4.98 Å². The second kappa shape index (κ2) is 5.58. The van der Waals surface area contributed by atoms with Crippen LogP contribution in [0.5, 0.6) is 0 Å². The summed E-state index contributed by atoms with van der Waals surface area (Å²) >= 11 is 0. The van der Waals surface area contributed by atoms with Crippen LogP contribution in [-0.4, -0.2) is 10.1 Å². The van der Waals surface area contributed by atoms with E-state index < -0.39 is 17.7 Å². The van der Waals surface area contributed by atoms with Gasteiger partial charge >= 0.3 is 0 Å². The van der Waals surface area contributed by atoms with Crippen LogP contribution in [0.3, 0.4) is 0 Å². The number of pyridine rings is 1. The SMILES string of the molecule is OC(Cc1cccc(F)c1F)c1cccc2ncccc12.